The Labute approximate surface area is 91.3 Å². The Hall–Kier alpha value is -0.770. The number of thiocarbonyl (C=S) groups is 1. The molecule has 1 atom stereocenters. The lowest BCUT2D eigenvalue weighted by Gasteiger charge is -2.29. The van der Waals surface area contributed by atoms with E-state index in [-0.39, 0.29) is 6.35 Å². The quantitative estimate of drug-likeness (QED) is 0.666. The molecule has 3 nitrogen and oxygen atoms in total. The van der Waals surface area contributed by atoms with Crippen molar-refractivity contribution in [3.8, 4) is 0 Å². The molecule has 0 aromatic heterocycles. The van der Waals surface area contributed by atoms with Gasteiger partial charge in [-0.25, -0.2) is 0 Å². The lowest BCUT2D eigenvalue weighted by Crippen LogP contribution is -2.40. The fourth-order valence-electron chi connectivity index (χ4n) is 1.40. The zero-order valence-corrected chi connectivity index (χ0v) is 9.88. The third-order valence-electron chi connectivity index (χ3n) is 2.17. The van der Waals surface area contributed by atoms with E-state index in [1.54, 1.807) is 6.92 Å². The second kappa shape index (κ2) is 5.20. The van der Waals surface area contributed by atoms with Gasteiger partial charge in [-0.2, -0.15) is 0 Å². The van der Waals surface area contributed by atoms with Crippen molar-refractivity contribution in [1.82, 2.24) is 9.80 Å². The number of unbranched alkanes of at least 4 members (excludes halogenated alkanes) is 1. The van der Waals surface area contributed by atoms with Crippen LogP contribution in [0.1, 0.15) is 26.7 Å². The van der Waals surface area contributed by atoms with Crippen LogP contribution >= 0.6 is 12.2 Å². The zero-order valence-electron chi connectivity index (χ0n) is 9.06. The van der Waals surface area contributed by atoms with Gasteiger partial charge in [-0.3, -0.25) is 0 Å². The molecular formula is C10H18N2OS. The molecule has 0 aromatic rings. The SMILES string of the molecule is CCCCN1C=CN(C)C1OC(C)=S. The van der Waals surface area contributed by atoms with Crippen LogP contribution < -0.4 is 0 Å². The maximum Gasteiger partial charge on any atom is 0.253 e. The summed E-state index contributed by atoms with van der Waals surface area (Å²) in [5.41, 5.74) is 0. The highest BCUT2D eigenvalue weighted by Crippen LogP contribution is 2.16. The van der Waals surface area contributed by atoms with Gasteiger partial charge in [0.1, 0.15) is 0 Å². The summed E-state index contributed by atoms with van der Waals surface area (Å²) in [6.45, 7) is 5.01. The van der Waals surface area contributed by atoms with Crippen LogP contribution in [0.4, 0.5) is 0 Å². The average molecular weight is 214 g/mol. The first-order valence-corrected chi connectivity index (χ1v) is 5.39. The molecule has 0 bridgehead atoms. The van der Waals surface area contributed by atoms with Crippen molar-refractivity contribution in [2.75, 3.05) is 13.6 Å². The predicted octanol–water partition coefficient (Wildman–Crippen LogP) is 2.15. The first kappa shape index (κ1) is 11.3. The Morgan fingerprint density at radius 3 is 2.79 bits per heavy atom. The lowest BCUT2D eigenvalue weighted by molar-refractivity contribution is -0.0222. The second-order valence-electron chi connectivity index (χ2n) is 3.49. The van der Waals surface area contributed by atoms with E-state index >= 15 is 0 Å². The first-order chi connectivity index (χ1) is 6.65. The molecule has 4 heteroatoms. The van der Waals surface area contributed by atoms with Gasteiger partial charge in [0, 0.05) is 32.9 Å². The van der Waals surface area contributed by atoms with E-state index < -0.39 is 0 Å². The summed E-state index contributed by atoms with van der Waals surface area (Å²) in [7, 11) is 1.99. The number of hydrogen-bond donors (Lipinski definition) is 0. The maximum absolute atomic E-state index is 5.55. The molecule has 1 heterocycles. The number of ether oxygens (including phenoxy) is 1. The largest absolute Gasteiger partial charge is 0.446 e. The molecule has 1 aliphatic rings. The van der Waals surface area contributed by atoms with Crippen molar-refractivity contribution in [2.45, 2.75) is 33.0 Å². The highest BCUT2D eigenvalue weighted by molar-refractivity contribution is 7.80. The number of nitrogens with zero attached hydrogens (tertiary/aromatic N) is 2. The van der Waals surface area contributed by atoms with E-state index in [1.165, 1.54) is 12.8 Å². The molecule has 0 fully saturated rings. The van der Waals surface area contributed by atoms with Gasteiger partial charge in [-0.1, -0.05) is 13.3 Å². The van der Waals surface area contributed by atoms with Crippen LogP contribution in [0.15, 0.2) is 12.4 Å². The molecule has 0 aromatic carbocycles. The van der Waals surface area contributed by atoms with Crippen molar-refractivity contribution in [2.24, 2.45) is 0 Å². The third-order valence-corrected chi connectivity index (χ3v) is 2.26. The number of hydrogen-bond acceptors (Lipinski definition) is 4. The van der Waals surface area contributed by atoms with Gasteiger partial charge >= 0.3 is 0 Å². The van der Waals surface area contributed by atoms with E-state index in [4.69, 9.17) is 17.0 Å². The second-order valence-corrected chi connectivity index (χ2v) is 4.07. The molecule has 1 unspecified atom stereocenters. The van der Waals surface area contributed by atoms with Gasteiger partial charge in [0.25, 0.3) is 6.35 Å². The molecule has 0 spiro atoms. The van der Waals surface area contributed by atoms with Gasteiger partial charge in [0.05, 0.1) is 0 Å². The summed E-state index contributed by atoms with van der Waals surface area (Å²) in [5.74, 6) is 0. The van der Waals surface area contributed by atoms with E-state index in [0.717, 1.165) is 6.54 Å². The van der Waals surface area contributed by atoms with E-state index in [1.807, 2.05) is 18.1 Å². The highest BCUT2D eigenvalue weighted by atomic mass is 32.1. The molecule has 0 amide bonds. The molecule has 0 aliphatic carbocycles. The fraction of sp³-hybridized carbons (Fsp3) is 0.700. The summed E-state index contributed by atoms with van der Waals surface area (Å²) in [6.07, 6.45) is 6.39. The molecule has 1 aliphatic heterocycles. The van der Waals surface area contributed by atoms with Crippen LogP contribution in [0.2, 0.25) is 0 Å². The van der Waals surface area contributed by atoms with Crippen LogP contribution in [-0.4, -0.2) is 34.8 Å². The van der Waals surface area contributed by atoms with Crippen LogP contribution in [-0.2, 0) is 4.74 Å². The maximum atomic E-state index is 5.55. The summed E-state index contributed by atoms with van der Waals surface area (Å²) < 4.78 is 5.55. The third kappa shape index (κ3) is 2.87. The lowest BCUT2D eigenvalue weighted by atomic mass is 10.3. The van der Waals surface area contributed by atoms with Gasteiger partial charge in [-0.15, -0.1) is 0 Å². The molecule has 80 valence electrons. The van der Waals surface area contributed by atoms with Crippen LogP contribution in [0.25, 0.3) is 0 Å². The van der Waals surface area contributed by atoms with E-state index in [2.05, 4.69) is 18.0 Å². The number of rotatable bonds is 4. The minimum Gasteiger partial charge on any atom is -0.446 e. The Morgan fingerprint density at radius 1 is 1.50 bits per heavy atom. The molecule has 0 saturated heterocycles. The Morgan fingerprint density at radius 2 is 2.21 bits per heavy atom. The van der Waals surface area contributed by atoms with Crippen LogP contribution in [0.3, 0.4) is 0 Å². The molecule has 0 radical (unpaired) electrons. The molecule has 1 rings (SSSR count). The van der Waals surface area contributed by atoms with Gasteiger partial charge in [0.2, 0.25) is 0 Å². The van der Waals surface area contributed by atoms with Gasteiger partial charge in [-0.05, 0) is 18.6 Å². The summed E-state index contributed by atoms with van der Waals surface area (Å²) in [6, 6.07) is 0. The fourth-order valence-corrected chi connectivity index (χ4v) is 1.48. The summed E-state index contributed by atoms with van der Waals surface area (Å²) >= 11 is 4.95. The smallest absolute Gasteiger partial charge is 0.253 e. The van der Waals surface area contributed by atoms with Crippen molar-refractivity contribution < 1.29 is 4.74 Å². The topological polar surface area (TPSA) is 15.7 Å². The average Bonchev–Trinajstić information content (AvgIpc) is 2.45. The zero-order chi connectivity index (χ0) is 10.6. The van der Waals surface area contributed by atoms with Crippen molar-refractivity contribution in [1.29, 1.82) is 0 Å². The van der Waals surface area contributed by atoms with Crippen LogP contribution in [0, 0.1) is 0 Å². The Bertz CT molecular complexity index is 230. The molecule has 0 N–H and O–H groups in total. The van der Waals surface area contributed by atoms with Crippen molar-refractivity contribution in [3.05, 3.63) is 12.4 Å². The standard InChI is InChI=1S/C10H18N2OS/c1-4-5-6-12-8-7-11(3)10(12)13-9(2)14/h7-8,10H,4-6H2,1-3H3. The van der Waals surface area contributed by atoms with Gasteiger partial charge < -0.3 is 14.5 Å². The van der Waals surface area contributed by atoms with E-state index in [9.17, 15) is 0 Å². The summed E-state index contributed by atoms with van der Waals surface area (Å²) in [5, 5.41) is 0.590. The minimum atomic E-state index is -0.0425. The Kier molecular flexibility index (Phi) is 4.20. The predicted molar refractivity (Wildman–Crippen MR) is 61.7 cm³/mol. The van der Waals surface area contributed by atoms with Gasteiger partial charge in [0.15, 0.2) is 5.05 Å². The molecule has 0 saturated carbocycles. The molecule has 14 heavy (non-hydrogen) atoms. The van der Waals surface area contributed by atoms with Crippen molar-refractivity contribution in [3.63, 3.8) is 0 Å². The van der Waals surface area contributed by atoms with Crippen LogP contribution in [0.5, 0.6) is 0 Å². The minimum absolute atomic E-state index is 0.0425. The summed E-state index contributed by atoms with van der Waals surface area (Å²) in [4.78, 5) is 4.19. The highest BCUT2D eigenvalue weighted by Gasteiger charge is 2.24. The monoisotopic (exact) mass is 214 g/mol. The normalized spacial score (nSPS) is 20.4. The first-order valence-electron chi connectivity index (χ1n) is 4.98. The molecular weight excluding hydrogens is 196 g/mol. The van der Waals surface area contributed by atoms with E-state index in [0.29, 0.717) is 5.05 Å². The van der Waals surface area contributed by atoms with Crippen molar-refractivity contribution >= 4 is 17.3 Å². The Balaban J connectivity index is 2.47.